The minimum absolute atomic E-state index is 0.0813. The summed E-state index contributed by atoms with van der Waals surface area (Å²) in [5.74, 6) is -0.533. The maximum absolute atomic E-state index is 13.6. The number of aryl methyl sites for hydroxylation is 1. The summed E-state index contributed by atoms with van der Waals surface area (Å²) in [6, 6.07) is 7.80. The van der Waals surface area contributed by atoms with Crippen LogP contribution in [0.1, 0.15) is 10.4 Å². The van der Waals surface area contributed by atoms with Gasteiger partial charge in [0.25, 0.3) is 0 Å². The number of carboxylic acid groups (broad SMARTS) is 1. The quantitative estimate of drug-likeness (QED) is 0.914. The van der Waals surface area contributed by atoms with Gasteiger partial charge in [-0.1, -0.05) is 12.1 Å². The van der Waals surface area contributed by atoms with Crippen LogP contribution in [-0.2, 0) is 6.54 Å². The van der Waals surface area contributed by atoms with E-state index in [1.165, 1.54) is 29.5 Å². The van der Waals surface area contributed by atoms with E-state index in [9.17, 15) is 14.3 Å². The molecule has 18 heavy (non-hydrogen) atoms. The highest BCUT2D eigenvalue weighted by Gasteiger charge is 2.19. The number of hydrogen-bond donors (Lipinski definition) is 1. The van der Waals surface area contributed by atoms with E-state index in [4.69, 9.17) is 0 Å². The highest BCUT2D eigenvalue weighted by Crippen LogP contribution is 2.24. The molecule has 0 aliphatic heterocycles. The van der Waals surface area contributed by atoms with Crippen molar-refractivity contribution in [3.05, 3.63) is 52.0 Å². The summed E-state index contributed by atoms with van der Waals surface area (Å²) < 4.78 is 13.6. The van der Waals surface area contributed by atoms with Crippen molar-refractivity contribution in [1.82, 2.24) is 0 Å². The molecule has 2 rings (SSSR count). The van der Waals surface area contributed by atoms with Gasteiger partial charge in [-0.05, 0) is 36.1 Å². The Hall–Kier alpha value is -1.88. The monoisotopic (exact) mass is 265 g/mol. The average molecular weight is 265 g/mol. The molecule has 0 spiro atoms. The highest BCUT2D eigenvalue weighted by molar-refractivity contribution is 7.10. The van der Waals surface area contributed by atoms with Gasteiger partial charge in [0, 0.05) is 4.88 Å². The van der Waals surface area contributed by atoms with Crippen LogP contribution >= 0.6 is 11.3 Å². The molecule has 0 bridgehead atoms. The van der Waals surface area contributed by atoms with Crippen molar-refractivity contribution in [3.8, 4) is 0 Å². The summed E-state index contributed by atoms with van der Waals surface area (Å²) in [6.07, 6.45) is -1.16. The van der Waals surface area contributed by atoms with Crippen LogP contribution in [0.15, 0.2) is 35.7 Å². The summed E-state index contributed by atoms with van der Waals surface area (Å²) in [5.41, 5.74) is 1.10. The molecule has 2 aromatic rings. The first-order valence-electron chi connectivity index (χ1n) is 5.37. The van der Waals surface area contributed by atoms with Gasteiger partial charge in [-0.3, -0.25) is 4.90 Å². The van der Waals surface area contributed by atoms with Crippen molar-refractivity contribution in [2.45, 2.75) is 13.5 Å². The standard InChI is InChI=1S/C13H12FNO2S/c1-9-6-7-18-12(9)8-15(13(16)17)11-5-3-2-4-10(11)14/h2-7H,8H2,1H3,(H,16,17). The second-order valence-electron chi connectivity index (χ2n) is 3.85. The number of halogens is 1. The number of benzene rings is 1. The predicted molar refractivity (Wildman–Crippen MR) is 69.7 cm³/mol. The van der Waals surface area contributed by atoms with Crippen molar-refractivity contribution in [3.63, 3.8) is 0 Å². The Labute approximate surface area is 108 Å². The van der Waals surface area contributed by atoms with Crippen LogP contribution in [0.5, 0.6) is 0 Å². The fraction of sp³-hybridized carbons (Fsp3) is 0.154. The zero-order valence-corrected chi connectivity index (χ0v) is 10.6. The Balaban J connectivity index is 2.33. The minimum Gasteiger partial charge on any atom is -0.465 e. The summed E-state index contributed by atoms with van der Waals surface area (Å²) >= 11 is 1.47. The first-order valence-corrected chi connectivity index (χ1v) is 6.25. The topological polar surface area (TPSA) is 40.5 Å². The van der Waals surface area contributed by atoms with E-state index < -0.39 is 11.9 Å². The maximum Gasteiger partial charge on any atom is 0.412 e. The van der Waals surface area contributed by atoms with Crippen LogP contribution in [0.4, 0.5) is 14.9 Å². The van der Waals surface area contributed by atoms with Crippen molar-refractivity contribution >= 4 is 23.1 Å². The number of hydrogen-bond acceptors (Lipinski definition) is 2. The Morgan fingerprint density at radius 2 is 2.11 bits per heavy atom. The van der Waals surface area contributed by atoms with Crippen LogP contribution < -0.4 is 4.90 Å². The molecule has 0 aliphatic rings. The van der Waals surface area contributed by atoms with E-state index in [0.29, 0.717) is 0 Å². The molecular formula is C13H12FNO2S. The number of thiophene rings is 1. The first kappa shape index (κ1) is 12.6. The Morgan fingerprint density at radius 3 is 2.67 bits per heavy atom. The van der Waals surface area contributed by atoms with E-state index in [1.54, 1.807) is 6.07 Å². The van der Waals surface area contributed by atoms with Gasteiger partial charge in [0.15, 0.2) is 0 Å². The van der Waals surface area contributed by atoms with Crippen LogP contribution in [-0.4, -0.2) is 11.2 Å². The Kier molecular flexibility index (Phi) is 3.62. The fourth-order valence-corrected chi connectivity index (χ4v) is 2.53. The molecule has 0 fully saturated rings. The van der Waals surface area contributed by atoms with Crippen molar-refractivity contribution in [2.75, 3.05) is 4.90 Å². The normalized spacial score (nSPS) is 10.3. The van der Waals surface area contributed by atoms with Crippen molar-refractivity contribution in [2.24, 2.45) is 0 Å². The summed E-state index contributed by atoms with van der Waals surface area (Å²) in [4.78, 5) is 13.2. The molecule has 0 saturated carbocycles. The second-order valence-corrected chi connectivity index (χ2v) is 4.85. The molecule has 3 nitrogen and oxygen atoms in total. The number of amides is 1. The van der Waals surface area contributed by atoms with E-state index in [2.05, 4.69) is 0 Å². The molecule has 1 aromatic carbocycles. The predicted octanol–water partition coefficient (Wildman–Crippen LogP) is 3.88. The maximum atomic E-state index is 13.6. The minimum atomic E-state index is -1.16. The SMILES string of the molecule is Cc1ccsc1CN(C(=O)O)c1ccccc1F. The third kappa shape index (κ3) is 2.51. The lowest BCUT2D eigenvalue weighted by Crippen LogP contribution is -2.29. The Bertz CT molecular complexity index is 568. The van der Waals surface area contributed by atoms with Gasteiger partial charge in [-0.25, -0.2) is 9.18 Å². The van der Waals surface area contributed by atoms with E-state index in [-0.39, 0.29) is 12.2 Å². The van der Waals surface area contributed by atoms with E-state index in [0.717, 1.165) is 15.3 Å². The smallest absolute Gasteiger partial charge is 0.412 e. The fourth-order valence-electron chi connectivity index (χ4n) is 1.64. The molecule has 94 valence electrons. The average Bonchev–Trinajstić information content (AvgIpc) is 2.73. The highest BCUT2D eigenvalue weighted by atomic mass is 32.1. The molecule has 0 atom stereocenters. The van der Waals surface area contributed by atoms with Gasteiger partial charge in [-0.15, -0.1) is 11.3 Å². The third-order valence-corrected chi connectivity index (χ3v) is 3.65. The lowest BCUT2D eigenvalue weighted by atomic mass is 10.2. The van der Waals surface area contributed by atoms with Gasteiger partial charge in [0.2, 0.25) is 0 Å². The van der Waals surface area contributed by atoms with Gasteiger partial charge < -0.3 is 5.11 Å². The molecule has 0 unspecified atom stereocenters. The molecule has 0 aliphatic carbocycles. The van der Waals surface area contributed by atoms with Gasteiger partial charge in [0.05, 0.1) is 12.2 Å². The van der Waals surface area contributed by atoms with Gasteiger partial charge in [-0.2, -0.15) is 0 Å². The molecule has 1 amide bonds. The zero-order chi connectivity index (χ0) is 13.1. The van der Waals surface area contributed by atoms with Crippen molar-refractivity contribution in [1.29, 1.82) is 0 Å². The summed E-state index contributed by atoms with van der Waals surface area (Å²) in [5, 5.41) is 11.1. The summed E-state index contributed by atoms with van der Waals surface area (Å²) in [7, 11) is 0. The van der Waals surface area contributed by atoms with Crippen LogP contribution in [0.2, 0.25) is 0 Å². The molecule has 5 heteroatoms. The number of para-hydroxylation sites is 1. The number of rotatable bonds is 3. The molecule has 0 radical (unpaired) electrons. The summed E-state index contributed by atoms with van der Waals surface area (Å²) in [6.45, 7) is 2.08. The van der Waals surface area contributed by atoms with E-state index in [1.807, 2.05) is 18.4 Å². The van der Waals surface area contributed by atoms with Crippen LogP contribution in [0, 0.1) is 12.7 Å². The van der Waals surface area contributed by atoms with E-state index >= 15 is 0 Å². The molecule has 1 aromatic heterocycles. The number of anilines is 1. The zero-order valence-electron chi connectivity index (χ0n) is 9.76. The number of carbonyl (C=O) groups is 1. The largest absolute Gasteiger partial charge is 0.465 e. The second kappa shape index (κ2) is 5.18. The van der Waals surface area contributed by atoms with Crippen LogP contribution in [0.3, 0.4) is 0 Å². The van der Waals surface area contributed by atoms with Crippen molar-refractivity contribution < 1.29 is 14.3 Å². The van der Waals surface area contributed by atoms with Gasteiger partial charge in [0.1, 0.15) is 5.82 Å². The first-order chi connectivity index (χ1) is 8.59. The van der Waals surface area contributed by atoms with Crippen LogP contribution in [0.25, 0.3) is 0 Å². The molecular weight excluding hydrogens is 253 g/mol. The third-order valence-electron chi connectivity index (χ3n) is 2.64. The Morgan fingerprint density at radius 1 is 1.39 bits per heavy atom. The number of nitrogens with zero attached hydrogens (tertiary/aromatic N) is 1. The molecule has 1 heterocycles. The lowest BCUT2D eigenvalue weighted by molar-refractivity contribution is 0.201. The molecule has 0 saturated heterocycles. The lowest BCUT2D eigenvalue weighted by Gasteiger charge is -2.19. The van der Waals surface area contributed by atoms with Gasteiger partial charge >= 0.3 is 6.09 Å². The molecule has 1 N–H and O–H groups in total.